The van der Waals surface area contributed by atoms with Crippen LogP contribution in [-0.4, -0.2) is 40.9 Å². The van der Waals surface area contributed by atoms with Crippen LogP contribution in [0.5, 0.6) is 0 Å². The first-order chi connectivity index (χ1) is 11.5. The Kier molecular flexibility index (Phi) is 3.66. The molecule has 2 N–H and O–H groups in total. The van der Waals surface area contributed by atoms with Gasteiger partial charge in [0.2, 0.25) is 0 Å². The van der Waals surface area contributed by atoms with Crippen LogP contribution in [0.25, 0.3) is 0 Å². The van der Waals surface area contributed by atoms with E-state index in [1.165, 1.54) is 0 Å². The molecule has 1 aliphatic heterocycles. The lowest BCUT2D eigenvalue weighted by atomic mass is 9.44. The zero-order valence-electron chi connectivity index (χ0n) is 16.1. The first-order valence-electron chi connectivity index (χ1n) is 9.76. The van der Waals surface area contributed by atoms with Crippen molar-refractivity contribution in [1.82, 2.24) is 0 Å². The molecule has 4 aliphatic rings. The Labute approximate surface area is 150 Å². The maximum Gasteiger partial charge on any atom is 0.174 e. The van der Waals surface area contributed by atoms with Crippen molar-refractivity contribution < 1.29 is 19.7 Å². The van der Waals surface area contributed by atoms with Crippen LogP contribution in [0.4, 0.5) is 0 Å². The number of carbonyl (C=O) groups excluding carboxylic acids is 1. The standard InChI is InChI=1S/C21H32O4/c1-11-6-7-20(4)9-13-12-10-25-14(12)8-15(22)21(13,5)18(24)17(23)16(11)19(20,2)3/h12-15,17,22-23H,6-10H2,1-5H3/t12-,13?,14+,15-,17?,20?,21-/m0/s1. The predicted molar refractivity (Wildman–Crippen MR) is 94.9 cm³/mol. The molecule has 25 heavy (non-hydrogen) atoms. The van der Waals surface area contributed by atoms with Crippen molar-refractivity contribution in [2.24, 2.45) is 28.1 Å². The number of hydrogen-bond donors (Lipinski definition) is 2. The van der Waals surface area contributed by atoms with Crippen molar-refractivity contribution >= 4 is 5.78 Å². The number of ketones is 1. The van der Waals surface area contributed by atoms with Gasteiger partial charge in [-0.3, -0.25) is 4.79 Å². The van der Waals surface area contributed by atoms with E-state index in [2.05, 4.69) is 27.7 Å². The number of aliphatic hydroxyl groups is 2. The van der Waals surface area contributed by atoms with Crippen LogP contribution in [0.1, 0.15) is 60.3 Å². The molecule has 1 saturated heterocycles. The van der Waals surface area contributed by atoms with Crippen LogP contribution >= 0.6 is 0 Å². The quantitative estimate of drug-likeness (QED) is 0.661. The summed E-state index contributed by atoms with van der Waals surface area (Å²) in [5.41, 5.74) is 0.956. The van der Waals surface area contributed by atoms with Crippen molar-refractivity contribution in [3.8, 4) is 0 Å². The third-order valence-electron chi connectivity index (χ3n) is 8.83. The zero-order valence-corrected chi connectivity index (χ0v) is 16.1. The van der Waals surface area contributed by atoms with Gasteiger partial charge in [-0.15, -0.1) is 0 Å². The molecule has 7 atom stereocenters. The van der Waals surface area contributed by atoms with Crippen LogP contribution in [0.2, 0.25) is 0 Å². The maximum atomic E-state index is 13.5. The largest absolute Gasteiger partial charge is 0.392 e. The molecule has 0 radical (unpaired) electrons. The Morgan fingerprint density at radius 1 is 1.16 bits per heavy atom. The summed E-state index contributed by atoms with van der Waals surface area (Å²) >= 11 is 0. The highest BCUT2D eigenvalue weighted by atomic mass is 16.5. The molecular weight excluding hydrogens is 316 g/mol. The average molecular weight is 348 g/mol. The van der Waals surface area contributed by atoms with E-state index in [-0.39, 0.29) is 28.6 Å². The summed E-state index contributed by atoms with van der Waals surface area (Å²) in [6.45, 7) is 11.3. The van der Waals surface area contributed by atoms with Crippen molar-refractivity contribution in [2.75, 3.05) is 6.61 Å². The molecule has 2 saturated carbocycles. The van der Waals surface area contributed by atoms with E-state index in [0.29, 0.717) is 18.9 Å². The van der Waals surface area contributed by atoms with Gasteiger partial charge in [0.25, 0.3) is 0 Å². The Hall–Kier alpha value is -0.710. The van der Waals surface area contributed by atoms with Crippen molar-refractivity contribution in [1.29, 1.82) is 0 Å². The van der Waals surface area contributed by atoms with E-state index >= 15 is 0 Å². The van der Waals surface area contributed by atoms with Gasteiger partial charge in [0, 0.05) is 12.3 Å². The van der Waals surface area contributed by atoms with Gasteiger partial charge in [-0.05, 0) is 55.4 Å². The molecule has 4 rings (SSSR count). The van der Waals surface area contributed by atoms with Crippen molar-refractivity contribution in [3.63, 3.8) is 0 Å². The number of aliphatic hydroxyl groups excluding tert-OH is 2. The van der Waals surface area contributed by atoms with Gasteiger partial charge >= 0.3 is 0 Å². The van der Waals surface area contributed by atoms with Gasteiger partial charge < -0.3 is 14.9 Å². The molecule has 0 spiro atoms. The lowest BCUT2D eigenvalue weighted by Crippen LogP contribution is -2.66. The van der Waals surface area contributed by atoms with Gasteiger partial charge in [-0.25, -0.2) is 0 Å². The van der Waals surface area contributed by atoms with Crippen LogP contribution in [0.15, 0.2) is 11.1 Å². The molecule has 1 heterocycles. The second-order valence-electron chi connectivity index (χ2n) is 10.0. The molecule has 0 amide bonds. The Morgan fingerprint density at radius 3 is 2.44 bits per heavy atom. The van der Waals surface area contributed by atoms with E-state index in [0.717, 1.165) is 30.4 Å². The lowest BCUT2D eigenvalue weighted by molar-refractivity contribution is -0.234. The lowest BCUT2D eigenvalue weighted by Gasteiger charge is -2.62. The Bertz CT molecular complexity index is 650. The molecule has 4 heteroatoms. The summed E-state index contributed by atoms with van der Waals surface area (Å²) in [6, 6.07) is 0. The van der Waals surface area contributed by atoms with Gasteiger partial charge in [-0.1, -0.05) is 26.3 Å². The molecule has 3 unspecified atom stereocenters. The number of Topliss-reactive ketones (excluding diaryl/α,β-unsaturated/α-hetero) is 1. The fourth-order valence-electron chi connectivity index (χ4n) is 6.44. The van der Waals surface area contributed by atoms with Gasteiger partial charge in [0.05, 0.1) is 24.2 Å². The average Bonchev–Trinajstić information content (AvgIpc) is 2.51. The molecule has 3 fully saturated rings. The summed E-state index contributed by atoms with van der Waals surface area (Å²) in [6.07, 6.45) is 1.65. The number of rotatable bonds is 0. The normalized spacial score (nSPS) is 51.8. The highest BCUT2D eigenvalue weighted by Crippen LogP contribution is 2.64. The van der Waals surface area contributed by atoms with Crippen molar-refractivity contribution in [3.05, 3.63) is 11.1 Å². The minimum absolute atomic E-state index is 0.00660. The number of hydrogen-bond acceptors (Lipinski definition) is 4. The van der Waals surface area contributed by atoms with Crippen LogP contribution in [0.3, 0.4) is 0 Å². The molecule has 0 aromatic heterocycles. The van der Waals surface area contributed by atoms with Crippen LogP contribution < -0.4 is 0 Å². The second kappa shape index (κ2) is 5.17. The molecule has 2 bridgehead atoms. The first kappa shape index (κ1) is 17.7. The molecule has 0 aromatic carbocycles. The topological polar surface area (TPSA) is 66.8 Å². The molecule has 3 aliphatic carbocycles. The summed E-state index contributed by atoms with van der Waals surface area (Å²) in [7, 11) is 0. The minimum atomic E-state index is -1.10. The van der Waals surface area contributed by atoms with Crippen LogP contribution in [0, 0.1) is 28.1 Å². The fourth-order valence-corrected chi connectivity index (χ4v) is 6.44. The predicted octanol–water partition coefficient (Wildman–Crippen LogP) is 2.87. The van der Waals surface area contributed by atoms with Crippen molar-refractivity contribution in [2.45, 2.75) is 78.6 Å². The van der Waals surface area contributed by atoms with E-state index < -0.39 is 17.6 Å². The van der Waals surface area contributed by atoms with E-state index in [1.54, 1.807) is 0 Å². The fraction of sp³-hybridized carbons (Fsp3) is 0.857. The zero-order chi connectivity index (χ0) is 18.4. The number of fused-ring (bicyclic) bond motifs is 5. The van der Waals surface area contributed by atoms with Gasteiger partial charge in [-0.2, -0.15) is 0 Å². The Balaban J connectivity index is 1.90. The third-order valence-corrected chi connectivity index (χ3v) is 8.83. The summed E-state index contributed by atoms with van der Waals surface area (Å²) in [4.78, 5) is 13.5. The van der Waals surface area contributed by atoms with Crippen LogP contribution in [-0.2, 0) is 9.53 Å². The maximum absolute atomic E-state index is 13.5. The molecule has 4 nitrogen and oxygen atoms in total. The van der Waals surface area contributed by atoms with Gasteiger partial charge in [0.15, 0.2) is 5.78 Å². The summed E-state index contributed by atoms with van der Waals surface area (Å²) in [5.74, 6) is 0.217. The Morgan fingerprint density at radius 2 is 1.84 bits per heavy atom. The minimum Gasteiger partial charge on any atom is -0.392 e. The monoisotopic (exact) mass is 348 g/mol. The van der Waals surface area contributed by atoms with E-state index in [1.807, 2.05) is 6.92 Å². The molecular formula is C21H32O4. The number of ether oxygens (including phenoxy) is 1. The van der Waals surface area contributed by atoms with E-state index in [4.69, 9.17) is 4.74 Å². The number of carbonyl (C=O) groups is 1. The molecule has 140 valence electrons. The first-order valence-corrected chi connectivity index (χ1v) is 9.76. The molecule has 0 aromatic rings. The van der Waals surface area contributed by atoms with E-state index in [9.17, 15) is 15.0 Å². The second-order valence-corrected chi connectivity index (χ2v) is 10.0. The highest BCUT2D eigenvalue weighted by Gasteiger charge is 2.65. The summed E-state index contributed by atoms with van der Waals surface area (Å²) in [5, 5.41) is 22.1. The summed E-state index contributed by atoms with van der Waals surface area (Å²) < 4.78 is 5.70. The highest BCUT2D eigenvalue weighted by molar-refractivity contribution is 5.92. The smallest absolute Gasteiger partial charge is 0.174 e. The third kappa shape index (κ3) is 2.02. The SMILES string of the molecule is CC1=C2C(O)C(=O)[C@@]3(C)C(CC(C)(CC1)C2(C)C)[C@@H]1CO[C@@H]1C[C@@H]3O. The number of allylic oxidation sites excluding steroid dienone is 1. The van der Waals surface area contributed by atoms with Gasteiger partial charge in [0.1, 0.15) is 6.10 Å².